The average Bonchev–Trinajstić information content (AvgIpc) is 2.97. The molecule has 3 N–H and O–H groups in total. The van der Waals surface area contributed by atoms with E-state index in [2.05, 4.69) is 20.3 Å². The van der Waals surface area contributed by atoms with Crippen LogP contribution in [0.25, 0.3) is 11.2 Å². The highest BCUT2D eigenvalue weighted by Crippen LogP contribution is 2.22. The van der Waals surface area contributed by atoms with Gasteiger partial charge >= 0.3 is 0 Å². The van der Waals surface area contributed by atoms with Gasteiger partial charge in [0.25, 0.3) is 0 Å². The molecule has 0 bridgehead atoms. The largest absolute Gasteiger partial charge is 0.382 e. The summed E-state index contributed by atoms with van der Waals surface area (Å²) >= 11 is 1.25. The number of rotatable bonds is 5. The SMILES string of the molecule is CNC(=O)CSc1nc(N)c2ncn(Cc3ccccc3)c2n1. The van der Waals surface area contributed by atoms with Crippen LogP contribution in [0.1, 0.15) is 5.56 Å². The second-order valence-corrected chi connectivity index (χ2v) is 5.83. The molecule has 0 aliphatic carbocycles. The summed E-state index contributed by atoms with van der Waals surface area (Å²) in [6, 6.07) is 10.0. The van der Waals surface area contributed by atoms with Crippen LogP contribution in [0.5, 0.6) is 0 Å². The van der Waals surface area contributed by atoms with E-state index >= 15 is 0 Å². The maximum Gasteiger partial charge on any atom is 0.230 e. The maximum atomic E-state index is 11.4. The van der Waals surface area contributed by atoms with Crippen molar-refractivity contribution in [1.82, 2.24) is 24.8 Å². The predicted octanol–water partition coefficient (Wildman–Crippen LogP) is 1.29. The molecule has 0 saturated carbocycles. The van der Waals surface area contributed by atoms with Crippen molar-refractivity contribution in [1.29, 1.82) is 0 Å². The van der Waals surface area contributed by atoms with Crippen LogP contribution in [0, 0.1) is 0 Å². The smallest absolute Gasteiger partial charge is 0.230 e. The Balaban J connectivity index is 1.91. The zero-order chi connectivity index (χ0) is 16.2. The van der Waals surface area contributed by atoms with Crippen LogP contribution in [0.2, 0.25) is 0 Å². The van der Waals surface area contributed by atoms with E-state index < -0.39 is 0 Å². The van der Waals surface area contributed by atoms with Crippen LogP contribution in [0.15, 0.2) is 41.8 Å². The molecule has 0 fully saturated rings. The van der Waals surface area contributed by atoms with Crippen molar-refractivity contribution < 1.29 is 4.79 Å². The number of fused-ring (bicyclic) bond motifs is 1. The number of nitrogen functional groups attached to an aromatic ring is 1. The molecular weight excluding hydrogens is 312 g/mol. The Morgan fingerprint density at radius 2 is 2.09 bits per heavy atom. The number of carbonyl (C=O) groups is 1. The number of nitrogens with zero attached hydrogens (tertiary/aromatic N) is 4. The molecule has 7 nitrogen and oxygen atoms in total. The molecule has 2 aromatic heterocycles. The van der Waals surface area contributed by atoms with Crippen molar-refractivity contribution in [3.05, 3.63) is 42.2 Å². The number of nitrogens with one attached hydrogen (secondary N) is 1. The fraction of sp³-hybridized carbons (Fsp3) is 0.200. The molecule has 118 valence electrons. The van der Waals surface area contributed by atoms with Gasteiger partial charge in [-0.3, -0.25) is 4.79 Å². The van der Waals surface area contributed by atoms with Gasteiger partial charge in [-0.1, -0.05) is 42.1 Å². The predicted molar refractivity (Wildman–Crippen MR) is 90.1 cm³/mol. The minimum atomic E-state index is -0.0879. The van der Waals surface area contributed by atoms with Crippen LogP contribution in [0.3, 0.4) is 0 Å². The Labute approximate surface area is 137 Å². The van der Waals surface area contributed by atoms with Gasteiger partial charge in [-0.2, -0.15) is 0 Å². The summed E-state index contributed by atoms with van der Waals surface area (Å²) in [6.07, 6.45) is 1.70. The Morgan fingerprint density at radius 3 is 2.83 bits per heavy atom. The van der Waals surface area contributed by atoms with E-state index in [0.29, 0.717) is 28.7 Å². The highest BCUT2D eigenvalue weighted by molar-refractivity contribution is 7.99. The Kier molecular flexibility index (Phi) is 4.42. The summed E-state index contributed by atoms with van der Waals surface area (Å²) < 4.78 is 1.92. The van der Waals surface area contributed by atoms with Crippen molar-refractivity contribution >= 4 is 34.7 Å². The molecule has 3 rings (SSSR count). The van der Waals surface area contributed by atoms with Gasteiger partial charge in [0.2, 0.25) is 5.91 Å². The van der Waals surface area contributed by atoms with Gasteiger partial charge in [-0.05, 0) is 5.56 Å². The first-order chi connectivity index (χ1) is 11.2. The molecule has 0 unspecified atom stereocenters. The summed E-state index contributed by atoms with van der Waals surface area (Å²) in [5.41, 5.74) is 8.35. The second-order valence-electron chi connectivity index (χ2n) is 4.88. The van der Waals surface area contributed by atoms with Gasteiger partial charge in [-0.15, -0.1) is 0 Å². The van der Waals surface area contributed by atoms with Gasteiger partial charge in [0.15, 0.2) is 16.6 Å². The molecule has 8 heteroatoms. The molecule has 0 spiro atoms. The standard InChI is InChI=1S/C15H16N6OS/c1-17-11(22)8-23-15-19-13(16)12-14(20-15)21(9-18-12)7-10-5-3-2-4-6-10/h2-6,9H,7-8H2,1H3,(H,17,22)(H2,16,19,20). The minimum absolute atomic E-state index is 0.0879. The first-order valence-corrected chi connectivity index (χ1v) is 8.01. The van der Waals surface area contributed by atoms with Crippen molar-refractivity contribution in [2.45, 2.75) is 11.7 Å². The molecule has 1 aromatic carbocycles. The number of hydrogen-bond donors (Lipinski definition) is 2. The molecule has 0 atom stereocenters. The highest BCUT2D eigenvalue weighted by atomic mass is 32.2. The summed E-state index contributed by atoms with van der Waals surface area (Å²) in [7, 11) is 1.59. The lowest BCUT2D eigenvalue weighted by Gasteiger charge is -2.06. The van der Waals surface area contributed by atoms with Gasteiger partial charge in [0.05, 0.1) is 18.6 Å². The van der Waals surface area contributed by atoms with Gasteiger partial charge in [0.1, 0.15) is 5.52 Å². The molecule has 23 heavy (non-hydrogen) atoms. The Morgan fingerprint density at radius 1 is 1.30 bits per heavy atom. The van der Waals surface area contributed by atoms with Crippen LogP contribution in [-0.2, 0) is 11.3 Å². The zero-order valence-electron chi connectivity index (χ0n) is 12.6. The number of benzene rings is 1. The molecule has 3 aromatic rings. The number of thioether (sulfide) groups is 1. The molecule has 0 aliphatic heterocycles. The number of amides is 1. The third kappa shape index (κ3) is 3.42. The van der Waals surface area contributed by atoms with Crippen molar-refractivity contribution in [2.24, 2.45) is 0 Å². The van der Waals surface area contributed by atoms with Crippen molar-refractivity contribution in [3.8, 4) is 0 Å². The number of aromatic nitrogens is 4. The Bertz CT molecular complexity index is 833. The summed E-state index contributed by atoms with van der Waals surface area (Å²) in [5, 5.41) is 3.03. The van der Waals surface area contributed by atoms with Crippen molar-refractivity contribution in [3.63, 3.8) is 0 Å². The fourth-order valence-corrected chi connectivity index (χ4v) is 2.83. The lowest BCUT2D eigenvalue weighted by Crippen LogP contribution is -2.20. The molecule has 0 radical (unpaired) electrons. The molecule has 0 aliphatic rings. The first-order valence-electron chi connectivity index (χ1n) is 7.03. The fourth-order valence-electron chi connectivity index (χ4n) is 2.11. The van der Waals surface area contributed by atoms with Gasteiger partial charge in [0, 0.05) is 7.05 Å². The van der Waals surface area contributed by atoms with E-state index in [4.69, 9.17) is 5.73 Å². The third-order valence-electron chi connectivity index (χ3n) is 3.28. The first kappa shape index (κ1) is 15.3. The van der Waals surface area contributed by atoms with Crippen LogP contribution >= 0.6 is 11.8 Å². The quantitative estimate of drug-likeness (QED) is 0.541. The van der Waals surface area contributed by atoms with Gasteiger partial charge in [-0.25, -0.2) is 15.0 Å². The number of hydrogen-bond acceptors (Lipinski definition) is 6. The van der Waals surface area contributed by atoms with E-state index in [1.807, 2.05) is 34.9 Å². The summed E-state index contributed by atoms with van der Waals surface area (Å²) in [4.78, 5) is 24.3. The molecular formula is C15H16N6OS. The topological polar surface area (TPSA) is 98.7 Å². The van der Waals surface area contributed by atoms with Crippen LogP contribution in [0.4, 0.5) is 5.82 Å². The van der Waals surface area contributed by atoms with E-state index in [-0.39, 0.29) is 11.7 Å². The van der Waals surface area contributed by atoms with E-state index in [1.54, 1.807) is 13.4 Å². The van der Waals surface area contributed by atoms with E-state index in [9.17, 15) is 4.79 Å². The molecule has 2 heterocycles. The van der Waals surface area contributed by atoms with Crippen LogP contribution in [-0.4, -0.2) is 38.2 Å². The third-order valence-corrected chi connectivity index (χ3v) is 4.12. The second kappa shape index (κ2) is 6.66. The number of anilines is 1. The zero-order valence-corrected chi connectivity index (χ0v) is 13.4. The number of nitrogens with two attached hydrogens (primary N) is 1. The maximum absolute atomic E-state index is 11.4. The number of carbonyl (C=O) groups excluding carboxylic acids is 1. The van der Waals surface area contributed by atoms with Crippen LogP contribution < -0.4 is 11.1 Å². The highest BCUT2D eigenvalue weighted by Gasteiger charge is 2.12. The van der Waals surface area contributed by atoms with E-state index in [0.717, 1.165) is 5.56 Å². The Hall–Kier alpha value is -2.61. The summed E-state index contributed by atoms with van der Waals surface area (Å²) in [6.45, 7) is 0.646. The lowest BCUT2D eigenvalue weighted by molar-refractivity contribution is -0.118. The average molecular weight is 328 g/mol. The monoisotopic (exact) mass is 328 g/mol. The molecule has 0 saturated heterocycles. The van der Waals surface area contributed by atoms with Crippen molar-refractivity contribution in [2.75, 3.05) is 18.5 Å². The lowest BCUT2D eigenvalue weighted by atomic mass is 10.2. The summed E-state index contributed by atoms with van der Waals surface area (Å²) in [5.74, 6) is 0.477. The number of imidazole rings is 1. The van der Waals surface area contributed by atoms with Gasteiger partial charge < -0.3 is 15.6 Å². The normalized spacial score (nSPS) is 10.8. The molecule has 1 amide bonds. The van der Waals surface area contributed by atoms with E-state index in [1.165, 1.54) is 11.8 Å². The minimum Gasteiger partial charge on any atom is -0.382 e.